The monoisotopic (exact) mass is 362 g/mol. The van der Waals surface area contributed by atoms with E-state index in [1.165, 1.54) is 23.6 Å². The van der Waals surface area contributed by atoms with Gasteiger partial charge in [-0.05, 0) is 30.5 Å². The first kappa shape index (κ1) is 18.4. The minimum absolute atomic E-state index is 0.155. The number of rotatable bonds is 5. The smallest absolute Gasteiger partial charge is 0.414 e. The van der Waals surface area contributed by atoms with Gasteiger partial charge in [0.2, 0.25) is 0 Å². The highest BCUT2D eigenvalue weighted by atomic mass is 32.1. The molecular formula is C16H18N4O4S. The number of carbonyl (C=O) groups is 3. The maximum atomic E-state index is 12.4. The minimum Gasteiger partial charge on any atom is -0.450 e. The molecule has 0 radical (unpaired) electrons. The fourth-order valence-corrected chi connectivity index (χ4v) is 2.67. The van der Waals surface area contributed by atoms with Gasteiger partial charge >= 0.3 is 6.09 Å². The van der Waals surface area contributed by atoms with Crippen LogP contribution in [0.1, 0.15) is 27.6 Å². The second-order valence-electron chi connectivity index (χ2n) is 5.09. The van der Waals surface area contributed by atoms with Gasteiger partial charge in [-0.3, -0.25) is 14.9 Å². The zero-order chi connectivity index (χ0) is 18.4. The van der Waals surface area contributed by atoms with Crippen LogP contribution >= 0.6 is 11.3 Å². The summed E-state index contributed by atoms with van der Waals surface area (Å²) in [5.41, 5.74) is 0.595. The van der Waals surface area contributed by atoms with E-state index in [1.54, 1.807) is 29.3 Å². The number of nitrogens with one attached hydrogen (secondary N) is 2. The average molecular weight is 362 g/mol. The molecule has 0 atom stereocenters. The van der Waals surface area contributed by atoms with Gasteiger partial charge in [0.05, 0.1) is 12.2 Å². The molecule has 25 heavy (non-hydrogen) atoms. The first-order valence-electron chi connectivity index (χ1n) is 7.42. The molecule has 0 saturated heterocycles. The van der Waals surface area contributed by atoms with Crippen LogP contribution in [-0.4, -0.2) is 43.6 Å². The van der Waals surface area contributed by atoms with Gasteiger partial charge in [0.25, 0.3) is 11.8 Å². The van der Waals surface area contributed by atoms with Crippen LogP contribution in [0.2, 0.25) is 0 Å². The number of alkyl carbamates (subject to hydrolysis) is 1. The highest BCUT2D eigenvalue weighted by Crippen LogP contribution is 2.24. The molecule has 0 aliphatic carbocycles. The summed E-state index contributed by atoms with van der Waals surface area (Å²) < 4.78 is 4.67. The Kier molecular flexibility index (Phi) is 6.07. The summed E-state index contributed by atoms with van der Waals surface area (Å²) in [6.45, 7) is 1.79. The maximum absolute atomic E-state index is 12.4. The van der Waals surface area contributed by atoms with E-state index in [-0.39, 0.29) is 18.1 Å². The molecule has 2 aromatic heterocycles. The van der Waals surface area contributed by atoms with Crippen LogP contribution < -0.4 is 15.5 Å². The third-order valence-corrected chi connectivity index (χ3v) is 3.92. The molecule has 8 nitrogen and oxygen atoms in total. The Balaban J connectivity index is 2.12. The number of ether oxygens (including phenoxy) is 1. The van der Waals surface area contributed by atoms with E-state index in [0.717, 1.165) is 0 Å². The fourth-order valence-electron chi connectivity index (χ4n) is 1.89. The number of imide groups is 1. The molecule has 2 N–H and O–H groups in total. The Morgan fingerprint density at radius 1 is 1.24 bits per heavy atom. The molecule has 0 aliphatic heterocycles. The number of amides is 3. The average Bonchev–Trinajstić information content (AvgIpc) is 3.03. The summed E-state index contributed by atoms with van der Waals surface area (Å²) in [7, 11) is 3.64. The zero-order valence-corrected chi connectivity index (χ0v) is 14.8. The van der Waals surface area contributed by atoms with Crippen molar-refractivity contribution in [1.29, 1.82) is 0 Å². The molecule has 0 aromatic carbocycles. The number of carbonyl (C=O) groups excluding carboxylic acids is 3. The summed E-state index contributed by atoms with van der Waals surface area (Å²) in [5, 5.41) is 6.77. The van der Waals surface area contributed by atoms with Crippen LogP contribution in [0.5, 0.6) is 0 Å². The lowest BCUT2D eigenvalue weighted by Crippen LogP contribution is -2.31. The molecule has 0 aliphatic rings. The standard InChI is InChI=1S/C16H18N4O4S/c1-4-24-16(23)19-14(22)11-6-8-25-15(11)18-13(21)10-5-7-17-12(9-10)20(2)3/h5-9H,4H2,1-3H3,(H,18,21)(H,19,22,23). The molecule has 2 aromatic rings. The number of nitrogens with zero attached hydrogens (tertiary/aromatic N) is 2. The topological polar surface area (TPSA) is 101 Å². The SMILES string of the molecule is CCOC(=O)NC(=O)c1ccsc1NC(=O)c1ccnc(N(C)C)c1. The van der Waals surface area contributed by atoms with Gasteiger partial charge in [0.1, 0.15) is 10.8 Å². The van der Waals surface area contributed by atoms with Crippen molar-refractivity contribution in [2.45, 2.75) is 6.92 Å². The van der Waals surface area contributed by atoms with Crippen molar-refractivity contribution in [3.05, 3.63) is 40.9 Å². The van der Waals surface area contributed by atoms with Crippen LogP contribution in [0.4, 0.5) is 15.6 Å². The van der Waals surface area contributed by atoms with Crippen molar-refractivity contribution in [2.24, 2.45) is 0 Å². The summed E-state index contributed by atoms with van der Waals surface area (Å²) in [5.74, 6) is -0.379. The van der Waals surface area contributed by atoms with E-state index in [9.17, 15) is 14.4 Å². The Labute approximate surface area is 148 Å². The van der Waals surface area contributed by atoms with Gasteiger partial charge in [-0.2, -0.15) is 0 Å². The lowest BCUT2D eigenvalue weighted by molar-refractivity contribution is 0.0926. The molecule has 0 fully saturated rings. The van der Waals surface area contributed by atoms with Crippen LogP contribution in [0.15, 0.2) is 29.8 Å². The Bertz CT molecular complexity index is 788. The first-order valence-corrected chi connectivity index (χ1v) is 8.30. The third-order valence-electron chi connectivity index (χ3n) is 3.09. The number of aromatic nitrogens is 1. The molecule has 0 bridgehead atoms. The van der Waals surface area contributed by atoms with E-state index in [0.29, 0.717) is 16.4 Å². The van der Waals surface area contributed by atoms with Crippen LogP contribution in [0, 0.1) is 0 Å². The van der Waals surface area contributed by atoms with E-state index in [4.69, 9.17) is 0 Å². The Hall–Kier alpha value is -2.94. The lowest BCUT2D eigenvalue weighted by atomic mass is 10.2. The molecular weight excluding hydrogens is 344 g/mol. The predicted molar refractivity (Wildman–Crippen MR) is 95.3 cm³/mol. The number of pyridine rings is 1. The second kappa shape index (κ2) is 8.25. The van der Waals surface area contributed by atoms with Crippen LogP contribution in [0.25, 0.3) is 0 Å². The highest BCUT2D eigenvalue weighted by molar-refractivity contribution is 7.14. The van der Waals surface area contributed by atoms with Crippen molar-refractivity contribution in [1.82, 2.24) is 10.3 Å². The lowest BCUT2D eigenvalue weighted by Gasteiger charge is -2.12. The number of anilines is 2. The van der Waals surface area contributed by atoms with Crippen molar-refractivity contribution in [2.75, 3.05) is 30.9 Å². The van der Waals surface area contributed by atoms with Gasteiger partial charge in [0, 0.05) is 25.9 Å². The van der Waals surface area contributed by atoms with Crippen molar-refractivity contribution in [3.63, 3.8) is 0 Å². The maximum Gasteiger partial charge on any atom is 0.414 e. The molecule has 9 heteroatoms. The highest BCUT2D eigenvalue weighted by Gasteiger charge is 2.18. The van der Waals surface area contributed by atoms with Crippen LogP contribution in [0.3, 0.4) is 0 Å². The normalized spacial score (nSPS) is 10.0. The molecule has 2 rings (SSSR count). The van der Waals surface area contributed by atoms with E-state index in [1.807, 2.05) is 14.1 Å². The predicted octanol–water partition coefficient (Wildman–Crippen LogP) is 2.35. The summed E-state index contributed by atoms with van der Waals surface area (Å²) >= 11 is 1.18. The zero-order valence-electron chi connectivity index (χ0n) is 14.0. The third kappa shape index (κ3) is 4.77. The molecule has 3 amide bonds. The molecule has 0 unspecified atom stereocenters. The Morgan fingerprint density at radius 3 is 2.68 bits per heavy atom. The van der Waals surface area contributed by atoms with Crippen molar-refractivity contribution >= 4 is 40.1 Å². The van der Waals surface area contributed by atoms with E-state index >= 15 is 0 Å². The largest absolute Gasteiger partial charge is 0.450 e. The molecule has 0 saturated carbocycles. The van der Waals surface area contributed by atoms with Gasteiger partial charge < -0.3 is 15.0 Å². The van der Waals surface area contributed by atoms with Gasteiger partial charge in [0.15, 0.2) is 0 Å². The number of hydrogen-bond donors (Lipinski definition) is 2. The first-order chi connectivity index (χ1) is 11.9. The van der Waals surface area contributed by atoms with Crippen molar-refractivity contribution in [3.8, 4) is 0 Å². The molecule has 2 heterocycles. The quantitative estimate of drug-likeness (QED) is 0.847. The molecule has 132 valence electrons. The fraction of sp³-hybridized carbons (Fsp3) is 0.250. The van der Waals surface area contributed by atoms with Crippen molar-refractivity contribution < 1.29 is 19.1 Å². The van der Waals surface area contributed by atoms with E-state index in [2.05, 4.69) is 20.4 Å². The summed E-state index contributed by atoms with van der Waals surface area (Å²) in [4.78, 5) is 41.8. The van der Waals surface area contributed by atoms with Gasteiger partial charge in [-0.25, -0.2) is 9.78 Å². The van der Waals surface area contributed by atoms with Gasteiger partial charge in [-0.15, -0.1) is 11.3 Å². The molecule has 0 spiro atoms. The number of hydrogen-bond acceptors (Lipinski definition) is 7. The number of thiophene rings is 1. The van der Waals surface area contributed by atoms with Gasteiger partial charge in [-0.1, -0.05) is 0 Å². The second-order valence-corrected chi connectivity index (χ2v) is 6.01. The minimum atomic E-state index is -0.833. The summed E-state index contributed by atoms with van der Waals surface area (Å²) in [6, 6.07) is 4.74. The van der Waals surface area contributed by atoms with E-state index < -0.39 is 12.0 Å². The van der Waals surface area contributed by atoms with Crippen LogP contribution in [-0.2, 0) is 4.74 Å². The summed E-state index contributed by atoms with van der Waals surface area (Å²) in [6.07, 6.45) is 0.702. The Morgan fingerprint density at radius 2 is 2.00 bits per heavy atom.